The Kier molecular flexibility index (Phi) is 9.94. The van der Waals surface area contributed by atoms with E-state index in [4.69, 9.17) is 0 Å². The van der Waals surface area contributed by atoms with Crippen LogP contribution in [0, 0.1) is 15.9 Å². The molecule has 0 radical (unpaired) electrons. The third kappa shape index (κ3) is 7.41. The van der Waals surface area contributed by atoms with Crippen LogP contribution in [0.25, 0.3) is 0 Å². The van der Waals surface area contributed by atoms with Gasteiger partial charge in [0.05, 0.1) is 15.5 Å². The summed E-state index contributed by atoms with van der Waals surface area (Å²) in [7, 11) is -4.36. The van der Waals surface area contributed by atoms with E-state index in [0.29, 0.717) is 12.0 Å². The number of amides is 2. The Morgan fingerprint density at radius 2 is 1.65 bits per heavy atom. The predicted octanol–water partition coefficient (Wildman–Crippen LogP) is 4.26. The molecule has 0 spiro atoms. The van der Waals surface area contributed by atoms with Gasteiger partial charge in [0.25, 0.3) is 15.7 Å². The van der Waals surface area contributed by atoms with Gasteiger partial charge in [0.1, 0.15) is 18.4 Å². The van der Waals surface area contributed by atoms with Crippen LogP contribution >= 0.6 is 0 Å². The molecule has 40 heavy (non-hydrogen) atoms. The van der Waals surface area contributed by atoms with Crippen LogP contribution in [-0.4, -0.2) is 48.7 Å². The first-order valence-electron chi connectivity index (χ1n) is 12.6. The van der Waals surface area contributed by atoms with Gasteiger partial charge in [0.15, 0.2) is 0 Å². The van der Waals surface area contributed by atoms with Gasteiger partial charge in [-0.1, -0.05) is 43.3 Å². The number of halogens is 1. The van der Waals surface area contributed by atoms with E-state index in [1.54, 1.807) is 6.07 Å². The standard InChI is InChI=1S/C28H31FN4O6S/c1-4-20(2)30-28(35)21(3)31(18-22-13-15-23(29)16-14-22)27(34)19-32(24-9-8-10-25(17-24)33(36)37)40(38,39)26-11-6-5-7-12-26/h5-17,20-21H,4,18-19H2,1-3H3,(H,30,35)/t20-,21-/m1/s1. The molecule has 2 atom stereocenters. The monoisotopic (exact) mass is 570 g/mol. The Bertz CT molecular complexity index is 1450. The van der Waals surface area contributed by atoms with Crippen molar-refractivity contribution in [3.8, 4) is 0 Å². The first-order chi connectivity index (χ1) is 18.9. The quantitative estimate of drug-likeness (QED) is 0.256. The van der Waals surface area contributed by atoms with E-state index in [9.17, 15) is 32.5 Å². The maximum Gasteiger partial charge on any atom is 0.271 e. The fourth-order valence-corrected chi connectivity index (χ4v) is 5.27. The van der Waals surface area contributed by atoms with E-state index < -0.39 is 45.2 Å². The molecule has 0 saturated carbocycles. The van der Waals surface area contributed by atoms with Crippen molar-refractivity contribution in [1.82, 2.24) is 10.2 Å². The van der Waals surface area contributed by atoms with Crippen molar-refractivity contribution in [2.75, 3.05) is 10.8 Å². The number of carbonyl (C=O) groups excluding carboxylic acids is 2. The average Bonchev–Trinajstić information content (AvgIpc) is 2.95. The number of benzene rings is 3. The van der Waals surface area contributed by atoms with Crippen LogP contribution in [0.5, 0.6) is 0 Å². The molecule has 0 aromatic heterocycles. The summed E-state index contributed by atoms with van der Waals surface area (Å²) in [5.41, 5.74) is 0.0679. The molecule has 3 aromatic rings. The molecule has 0 bridgehead atoms. The number of sulfonamides is 1. The second-order valence-electron chi connectivity index (χ2n) is 9.24. The van der Waals surface area contributed by atoms with Crippen molar-refractivity contribution in [3.05, 3.63) is 100 Å². The highest BCUT2D eigenvalue weighted by Crippen LogP contribution is 2.27. The number of hydrogen-bond donors (Lipinski definition) is 1. The summed E-state index contributed by atoms with van der Waals surface area (Å²) in [5, 5.41) is 14.2. The average molecular weight is 571 g/mol. The van der Waals surface area contributed by atoms with Crippen LogP contribution < -0.4 is 9.62 Å². The summed E-state index contributed by atoms with van der Waals surface area (Å²) < 4.78 is 41.8. The second kappa shape index (κ2) is 13.2. The molecule has 12 heteroatoms. The molecule has 0 aliphatic carbocycles. The molecule has 0 saturated heterocycles. The van der Waals surface area contributed by atoms with Gasteiger partial charge in [-0.25, -0.2) is 12.8 Å². The Morgan fingerprint density at radius 1 is 1.00 bits per heavy atom. The molecule has 3 aromatic carbocycles. The van der Waals surface area contributed by atoms with Gasteiger partial charge in [-0.3, -0.25) is 24.0 Å². The van der Waals surface area contributed by atoms with Gasteiger partial charge in [-0.05, 0) is 56.2 Å². The van der Waals surface area contributed by atoms with E-state index in [1.165, 1.54) is 78.6 Å². The molecule has 0 aliphatic heterocycles. The van der Waals surface area contributed by atoms with Gasteiger partial charge < -0.3 is 10.2 Å². The Labute approximate surface area is 232 Å². The molecule has 0 heterocycles. The lowest BCUT2D eigenvalue weighted by atomic mass is 10.1. The smallest absolute Gasteiger partial charge is 0.271 e. The first kappa shape index (κ1) is 30.2. The number of nitro benzene ring substituents is 1. The number of nitro groups is 1. The largest absolute Gasteiger partial charge is 0.352 e. The minimum absolute atomic E-state index is 0.0927. The molecule has 1 N–H and O–H groups in total. The third-order valence-corrected chi connectivity index (χ3v) is 8.16. The fourth-order valence-electron chi connectivity index (χ4n) is 3.84. The summed E-state index contributed by atoms with van der Waals surface area (Å²) in [4.78, 5) is 38.7. The lowest BCUT2D eigenvalue weighted by Gasteiger charge is -2.32. The van der Waals surface area contributed by atoms with Crippen molar-refractivity contribution >= 4 is 33.2 Å². The van der Waals surface area contributed by atoms with Crippen molar-refractivity contribution < 1.29 is 27.3 Å². The summed E-state index contributed by atoms with van der Waals surface area (Å²) in [6.07, 6.45) is 0.653. The molecular weight excluding hydrogens is 539 g/mol. The van der Waals surface area contributed by atoms with Gasteiger partial charge >= 0.3 is 0 Å². The number of rotatable bonds is 12. The Balaban J connectivity index is 2.05. The van der Waals surface area contributed by atoms with E-state index in [-0.39, 0.29) is 28.9 Å². The van der Waals surface area contributed by atoms with Crippen LogP contribution in [-0.2, 0) is 26.2 Å². The number of non-ortho nitro benzene ring substituents is 1. The van der Waals surface area contributed by atoms with Crippen LogP contribution in [0.3, 0.4) is 0 Å². The van der Waals surface area contributed by atoms with E-state index in [0.717, 1.165) is 10.4 Å². The zero-order valence-electron chi connectivity index (χ0n) is 22.4. The van der Waals surface area contributed by atoms with Gasteiger partial charge in [-0.15, -0.1) is 0 Å². The first-order valence-corrected chi connectivity index (χ1v) is 14.0. The summed E-state index contributed by atoms with van der Waals surface area (Å²) in [5.74, 6) is -1.66. The number of nitrogens with one attached hydrogen (secondary N) is 1. The molecule has 0 unspecified atom stereocenters. The van der Waals surface area contributed by atoms with E-state index in [1.807, 2.05) is 13.8 Å². The number of anilines is 1. The molecule has 212 valence electrons. The number of carbonyl (C=O) groups is 2. The number of nitrogens with zero attached hydrogens (tertiary/aromatic N) is 3. The van der Waals surface area contributed by atoms with Crippen LogP contribution in [0.2, 0.25) is 0 Å². The summed E-state index contributed by atoms with van der Waals surface area (Å²) in [6.45, 7) is 4.36. The zero-order valence-corrected chi connectivity index (χ0v) is 23.2. The molecule has 3 rings (SSSR count). The summed E-state index contributed by atoms with van der Waals surface area (Å²) >= 11 is 0. The molecular formula is C28H31FN4O6S. The van der Waals surface area contributed by atoms with Gasteiger partial charge in [0, 0.05) is 24.7 Å². The highest BCUT2D eigenvalue weighted by atomic mass is 32.2. The number of hydrogen-bond acceptors (Lipinski definition) is 6. The van der Waals surface area contributed by atoms with Crippen molar-refractivity contribution in [1.29, 1.82) is 0 Å². The second-order valence-corrected chi connectivity index (χ2v) is 11.1. The van der Waals surface area contributed by atoms with Gasteiger partial charge in [-0.2, -0.15) is 0 Å². The normalized spacial score (nSPS) is 12.7. The molecule has 0 aliphatic rings. The predicted molar refractivity (Wildman–Crippen MR) is 148 cm³/mol. The Morgan fingerprint density at radius 3 is 2.25 bits per heavy atom. The highest BCUT2D eigenvalue weighted by molar-refractivity contribution is 7.92. The molecule has 10 nitrogen and oxygen atoms in total. The van der Waals surface area contributed by atoms with Gasteiger partial charge in [0.2, 0.25) is 11.8 Å². The van der Waals surface area contributed by atoms with Crippen LogP contribution in [0.1, 0.15) is 32.8 Å². The van der Waals surface area contributed by atoms with Crippen molar-refractivity contribution in [2.24, 2.45) is 0 Å². The minimum atomic E-state index is -4.36. The summed E-state index contributed by atoms with van der Waals surface area (Å²) in [6, 6.07) is 16.5. The fraction of sp³-hybridized carbons (Fsp3) is 0.286. The topological polar surface area (TPSA) is 130 Å². The SMILES string of the molecule is CC[C@@H](C)NC(=O)[C@@H](C)N(Cc1ccc(F)cc1)C(=O)CN(c1cccc([N+](=O)[O-])c1)S(=O)(=O)c1ccccc1. The third-order valence-electron chi connectivity index (χ3n) is 6.37. The highest BCUT2D eigenvalue weighted by Gasteiger charge is 2.33. The maximum atomic E-state index is 13.8. The minimum Gasteiger partial charge on any atom is -0.352 e. The Hall–Kier alpha value is -4.32. The van der Waals surface area contributed by atoms with Crippen LogP contribution in [0.4, 0.5) is 15.8 Å². The molecule has 0 fully saturated rings. The van der Waals surface area contributed by atoms with Crippen molar-refractivity contribution in [2.45, 2.75) is 50.7 Å². The maximum absolute atomic E-state index is 13.8. The lowest BCUT2D eigenvalue weighted by molar-refractivity contribution is -0.384. The lowest BCUT2D eigenvalue weighted by Crippen LogP contribution is -2.52. The zero-order chi connectivity index (χ0) is 29.4. The van der Waals surface area contributed by atoms with E-state index >= 15 is 0 Å². The van der Waals surface area contributed by atoms with Crippen LogP contribution in [0.15, 0.2) is 83.8 Å². The van der Waals surface area contributed by atoms with E-state index in [2.05, 4.69) is 5.32 Å². The van der Waals surface area contributed by atoms with Crippen molar-refractivity contribution in [3.63, 3.8) is 0 Å². The molecule has 2 amide bonds.